The molecule has 0 aliphatic heterocycles. The summed E-state index contributed by atoms with van der Waals surface area (Å²) < 4.78 is 6.64. The highest BCUT2D eigenvalue weighted by Crippen LogP contribution is 2.25. The van der Waals surface area contributed by atoms with Crippen molar-refractivity contribution in [3.63, 3.8) is 0 Å². The molecule has 0 bridgehead atoms. The van der Waals surface area contributed by atoms with E-state index in [1.165, 1.54) is 4.57 Å². The van der Waals surface area contributed by atoms with Gasteiger partial charge >= 0.3 is 5.76 Å². The minimum atomic E-state index is -0.333. The molecule has 2 rings (SSSR count). The molecular formula is C13H17ClN2O2. The maximum atomic E-state index is 11.4. The quantitative estimate of drug-likeness (QED) is 0.799. The van der Waals surface area contributed by atoms with Crippen LogP contribution in [0.2, 0.25) is 0 Å². The summed E-state index contributed by atoms with van der Waals surface area (Å²) >= 11 is 5.84. The van der Waals surface area contributed by atoms with Gasteiger partial charge in [0, 0.05) is 19.0 Å². The van der Waals surface area contributed by atoms with Crippen LogP contribution in [-0.2, 0) is 7.05 Å². The molecule has 0 amide bonds. The minimum absolute atomic E-state index is 0.247. The van der Waals surface area contributed by atoms with Crippen LogP contribution >= 0.6 is 11.6 Å². The predicted octanol–water partition coefficient (Wildman–Crippen LogP) is 2.36. The Morgan fingerprint density at radius 2 is 2.17 bits per heavy atom. The third-order valence-electron chi connectivity index (χ3n) is 3.21. The molecule has 0 aliphatic rings. The first-order valence-electron chi connectivity index (χ1n) is 5.86. The number of fused-ring (bicyclic) bond motifs is 1. The van der Waals surface area contributed by atoms with Crippen LogP contribution < -0.4 is 5.76 Å². The van der Waals surface area contributed by atoms with E-state index in [2.05, 4.69) is 4.90 Å². The lowest BCUT2D eigenvalue weighted by atomic mass is 10.0. The Balaban J connectivity index is 2.51. The van der Waals surface area contributed by atoms with Crippen LogP contribution in [0.25, 0.3) is 11.1 Å². The lowest BCUT2D eigenvalue weighted by molar-refractivity contribution is 0.293. The molecule has 1 heterocycles. The molecule has 0 saturated heterocycles. The third-order valence-corrected chi connectivity index (χ3v) is 3.42. The van der Waals surface area contributed by atoms with Crippen molar-refractivity contribution in [1.82, 2.24) is 9.47 Å². The van der Waals surface area contributed by atoms with Gasteiger partial charge in [-0.05, 0) is 38.2 Å². The van der Waals surface area contributed by atoms with Gasteiger partial charge in [-0.15, -0.1) is 11.6 Å². The monoisotopic (exact) mass is 268 g/mol. The fraction of sp³-hybridized carbons (Fsp3) is 0.462. The van der Waals surface area contributed by atoms with Gasteiger partial charge in [-0.1, -0.05) is 6.07 Å². The third kappa shape index (κ3) is 2.31. The summed E-state index contributed by atoms with van der Waals surface area (Å²) in [6.07, 6.45) is 0.867. The van der Waals surface area contributed by atoms with Crippen LogP contribution in [0.15, 0.2) is 27.4 Å². The van der Waals surface area contributed by atoms with E-state index in [0.29, 0.717) is 11.5 Å². The lowest BCUT2D eigenvalue weighted by Gasteiger charge is -2.23. The molecule has 98 valence electrons. The Labute approximate surface area is 111 Å². The molecule has 0 N–H and O–H groups in total. The summed E-state index contributed by atoms with van der Waals surface area (Å²) in [5, 5.41) is 0. The molecule has 18 heavy (non-hydrogen) atoms. The summed E-state index contributed by atoms with van der Waals surface area (Å²) in [7, 11) is 5.76. The molecule has 0 fully saturated rings. The highest BCUT2D eigenvalue weighted by atomic mass is 35.5. The second kappa shape index (κ2) is 5.16. The van der Waals surface area contributed by atoms with Gasteiger partial charge in [-0.3, -0.25) is 4.57 Å². The Hall–Kier alpha value is -1.26. The molecule has 4 nitrogen and oxygen atoms in total. The van der Waals surface area contributed by atoms with Gasteiger partial charge in [-0.2, -0.15) is 0 Å². The fourth-order valence-electron chi connectivity index (χ4n) is 2.18. The lowest BCUT2D eigenvalue weighted by Crippen LogP contribution is -2.20. The van der Waals surface area contributed by atoms with Gasteiger partial charge < -0.3 is 9.32 Å². The molecule has 1 atom stereocenters. The SMILES string of the molecule is CN(C)C(CCCl)c1ccc2oc(=O)n(C)c2c1. The van der Waals surface area contributed by atoms with Gasteiger partial charge in [0.15, 0.2) is 5.58 Å². The smallest absolute Gasteiger partial charge is 0.408 e. The van der Waals surface area contributed by atoms with Crippen LogP contribution in [0.5, 0.6) is 0 Å². The zero-order valence-electron chi connectivity index (χ0n) is 10.8. The summed E-state index contributed by atoms with van der Waals surface area (Å²) in [5.41, 5.74) is 2.58. The summed E-state index contributed by atoms with van der Waals surface area (Å²) in [6.45, 7) is 0. The topological polar surface area (TPSA) is 38.4 Å². The van der Waals surface area contributed by atoms with E-state index in [-0.39, 0.29) is 11.8 Å². The molecule has 0 saturated carbocycles. The van der Waals surface area contributed by atoms with Crippen molar-refractivity contribution in [2.75, 3.05) is 20.0 Å². The minimum Gasteiger partial charge on any atom is -0.408 e. The number of nitrogens with zero attached hydrogens (tertiary/aromatic N) is 2. The van der Waals surface area contributed by atoms with E-state index >= 15 is 0 Å². The fourth-order valence-corrected chi connectivity index (χ4v) is 2.38. The van der Waals surface area contributed by atoms with E-state index in [0.717, 1.165) is 17.5 Å². The molecule has 5 heteroatoms. The molecule has 2 aromatic rings. The van der Waals surface area contributed by atoms with Crippen LogP contribution in [-0.4, -0.2) is 29.4 Å². The van der Waals surface area contributed by atoms with Crippen molar-refractivity contribution in [1.29, 1.82) is 0 Å². The summed E-state index contributed by atoms with van der Waals surface area (Å²) in [5.74, 6) is 0.270. The number of aromatic nitrogens is 1. The largest absolute Gasteiger partial charge is 0.419 e. The first-order chi connectivity index (χ1) is 8.54. The Kier molecular flexibility index (Phi) is 3.78. The van der Waals surface area contributed by atoms with Crippen LogP contribution in [0.3, 0.4) is 0 Å². The highest BCUT2D eigenvalue weighted by molar-refractivity contribution is 6.17. The van der Waals surface area contributed by atoms with Crippen molar-refractivity contribution in [3.8, 4) is 0 Å². The number of hydrogen-bond acceptors (Lipinski definition) is 3. The van der Waals surface area contributed by atoms with E-state index in [9.17, 15) is 4.79 Å². The highest BCUT2D eigenvalue weighted by Gasteiger charge is 2.15. The van der Waals surface area contributed by atoms with Crippen LogP contribution in [0, 0.1) is 0 Å². The van der Waals surface area contributed by atoms with Crippen LogP contribution in [0.4, 0.5) is 0 Å². The number of rotatable bonds is 4. The Morgan fingerprint density at radius 3 is 2.78 bits per heavy atom. The standard InChI is InChI=1S/C13H17ClN2O2/c1-15(2)10(6-7-14)9-4-5-12-11(8-9)16(3)13(17)18-12/h4-5,8,10H,6-7H2,1-3H3. The van der Waals surface area contributed by atoms with E-state index < -0.39 is 0 Å². The molecule has 0 spiro atoms. The number of oxazole rings is 1. The summed E-state index contributed by atoms with van der Waals surface area (Å²) in [4.78, 5) is 13.6. The van der Waals surface area contributed by atoms with Gasteiger partial charge in [0.25, 0.3) is 0 Å². The molecule has 0 radical (unpaired) electrons. The molecule has 1 aromatic heterocycles. The second-order valence-electron chi connectivity index (χ2n) is 4.61. The maximum Gasteiger partial charge on any atom is 0.419 e. The average Bonchev–Trinajstić information content (AvgIpc) is 2.62. The van der Waals surface area contributed by atoms with Crippen molar-refractivity contribution in [2.24, 2.45) is 7.05 Å². The normalized spacial score (nSPS) is 13.4. The first-order valence-corrected chi connectivity index (χ1v) is 6.40. The van der Waals surface area contributed by atoms with Crippen molar-refractivity contribution < 1.29 is 4.42 Å². The zero-order chi connectivity index (χ0) is 13.3. The number of halogens is 1. The number of hydrogen-bond donors (Lipinski definition) is 0. The predicted molar refractivity (Wildman–Crippen MR) is 73.2 cm³/mol. The van der Waals surface area contributed by atoms with Crippen molar-refractivity contribution in [2.45, 2.75) is 12.5 Å². The van der Waals surface area contributed by atoms with Crippen LogP contribution in [0.1, 0.15) is 18.0 Å². The van der Waals surface area contributed by atoms with E-state index in [4.69, 9.17) is 16.0 Å². The molecule has 1 aromatic carbocycles. The Bertz CT molecular complexity index is 601. The number of alkyl halides is 1. The van der Waals surface area contributed by atoms with Gasteiger partial charge in [0.05, 0.1) is 5.52 Å². The van der Waals surface area contributed by atoms with Crippen molar-refractivity contribution in [3.05, 3.63) is 34.3 Å². The van der Waals surface area contributed by atoms with Crippen molar-refractivity contribution >= 4 is 22.7 Å². The number of aryl methyl sites for hydroxylation is 1. The molecular weight excluding hydrogens is 252 g/mol. The first kappa shape index (κ1) is 13.2. The van der Waals surface area contributed by atoms with Gasteiger partial charge in [-0.25, -0.2) is 4.79 Å². The molecule has 0 aliphatic carbocycles. The summed E-state index contributed by atoms with van der Waals surface area (Å²) in [6, 6.07) is 6.08. The van der Waals surface area contributed by atoms with E-state index in [1.54, 1.807) is 7.05 Å². The maximum absolute atomic E-state index is 11.4. The van der Waals surface area contributed by atoms with Gasteiger partial charge in [0.1, 0.15) is 0 Å². The Morgan fingerprint density at radius 1 is 1.44 bits per heavy atom. The zero-order valence-corrected chi connectivity index (χ0v) is 11.6. The second-order valence-corrected chi connectivity index (χ2v) is 4.99. The average molecular weight is 269 g/mol. The molecule has 1 unspecified atom stereocenters. The van der Waals surface area contributed by atoms with Gasteiger partial charge in [0.2, 0.25) is 0 Å². The van der Waals surface area contributed by atoms with E-state index in [1.807, 2.05) is 32.3 Å². The number of benzene rings is 1.